The number of nitro groups is 1. The highest BCUT2D eigenvalue weighted by Gasteiger charge is 2.23. The number of carboxylic acid groups (broad SMARTS) is 1. The van der Waals surface area contributed by atoms with Crippen molar-refractivity contribution >= 4 is 17.6 Å². The summed E-state index contributed by atoms with van der Waals surface area (Å²) in [4.78, 5) is 31.5. The van der Waals surface area contributed by atoms with Gasteiger partial charge in [-0.25, -0.2) is 10.6 Å². The Balaban J connectivity index is 3.54. The second kappa shape index (κ2) is 4.45. The number of hydrazine groups is 1. The summed E-state index contributed by atoms with van der Waals surface area (Å²) >= 11 is 0. The Morgan fingerprint density at radius 2 is 1.88 bits per heavy atom. The van der Waals surface area contributed by atoms with Crippen LogP contribution in [0.25, 0.3) is 0 Å². The molecular formula is C8H7N3O6. The predicted molar refractivity (Wildman–Crippen MR) is 53.4 cm³/mol. The van der Waals surface area contributed by atoms with E-state index in [4.69, 9.17) is 10.9 Å². The van der Waals surface area contributed by atoms with E-state index < -0.39 is 39.4 Å². The van der Waals surface area contributed by atoms with Crippen molar-refractivity contribution in [1.29, 1.82) is 0 Å². The van der Waals surface area contributed by atoms with Gasteiger partial charge in [0.2, 0.25) is 0 Å². The minimum absolute atomic E-state index is 0.584. The lowest BCUT2D eigenvalue weighted by Gasteiger charge is -2.05. The van der Waals surface area contributed by atoms with Crippen molar-refractivity contribution in [3.05, 3.63) is 33.4 Å². The molecule has 0 radical (unpaired) electrons. The predicted octanol–water partition coefficient (Wildman–Crippen LogP) is -0.398. The number of nitrogens with one attached hydrogen (secondary N) is 1. The van der Waals surface area contributed by atoms with Crippen LogP contribution in [-0.4, -0.2) is 27.0 Å². The molecule has 90 valence electrons. The van der Waals surface area contributed by atoms with Gasteiger partial charge in [-0.15, -0.1) is 0 Å². The van der Waals surface area contributed by atoms with Crippen molar-refractivity contribution in [3.63, 3.8) is 0 Å². The molecule has 0 aliphatic heterocycles. The number of non-ortho nitro benzene ring substituents is 1. The second-order valence-corrected chi connectivity index (χ2v) is 2.93. The van der Waals surface area contributed by atoms with Gasteiger partial charge in [-0.1, -0.05) is 0 Å². The Bertz CT molecular complexity index is 512. The third-order valence-electron chi connectivity index (χ3n) is 1.91. The third kappa shape index (κ3) is 2.29. The van der Waals surface area contributed by atoms with Gasteiger partial charge in [-0.2, -0.15) is 0 Å². The fourth-order valence-corrected chi connectivity index (χ4v) is 1.14. The van der Waals surface area contributed by atoms with E-state index in [1.54, 1.807) is 5.43 Å². The van der Waals surface area contributed by atoms with Crippen LogP contribution in [0.2, 0.25) is 0 Å². The number of carbonyl (C=O) groups excluding carboxylic acids is 1. The number of phenols is 1. The van der Waals surface area contributed by atoms with Gasteiger partial charge in [-0.05, 0) is 0 Å². The zero-order valence-corrected chi connectivity index (χ0v) is 8.21. The monoisotopic (exact) mass is 241 g/mol. The van der Waals surface area contributed by atoms with Crippen LogP contribution in [0.3, 0.4) is 0 Å². The average molecular weight is 241 g/mol. The number of carboxylic acids is 1. The van der Waals surface area contributed by atoms with Crippen LogP contribution in [-0.2, 0) is 0 Å². The van der Waals surface area contributed by atoms with E-state index in [0.717, 1.165) is 6.07 Å². The number of nitrogen functional groups attached to an aromatic ring is 1. The van der Waals surface area contributed by atoms with E-state index in [2.05, 4.69) is 0 Å². The molecule has 9 heteroatoms. The maximum atomic E-state index is 11.2. The van der Waals surface area contributed by atoms with Crippen molar-refractivity contribution in [1.82, 2.24) is 5.43 Å². The topological polar surface area (TPSA) is 156 Å². The van der Waals surface area contributed by atoms with E-state index in [0.29, 0.717) is 6.07 Å². The first-order valence-electron chi connectivity index (χ1n) is 4.14. The number of rotatable bonds is 3. The van der Waals surface area contributed by atoms with Crippen molar-refractivity contribution < 1.29 is 24.7 Å². The number of nitrogens with two attached hydrogens (primary N) is 1. The minimum atomic E-state index is -1.60. The molecule has 0 aliphatic rings. The molecule has 1 rings (SSSR count). The number of hydrogen-bond acceptors (Lipinski definition) is 6. The van der Waals surface area contributed by atoms with Gasteiger partial charge in [0, 0.05) is 12.1 Å². The fourth-order valence-electron chi connectivity index (χ4n) is 1.14. The number of amides is 1. The summed E-state index contributed by atoms with van der Waals surface area (Å²) in [6.45, 7) is 0. The first-order valence-corrected chi connectivity index (χ1v) is 4.14. The lowest BCUT2D eigenvalue weighted by Crippen LogP contribution is -2.30. The van der Waals surface area contributed by atoms with Crippen molar-refractivity contribution in [2.24, 2.45) is 5.84 Å². The Labute approximate surface area is 93.6 Å². The molecule has 9 nitrogen and oxygen atoms in total. The molecule has 0 aromatic heterocycles. The molecule has 0 heterocycles. The minimum Gasteiger partial charge on any atom is -0.506 e. The Kier molecular flexibility index (Phi) is 3.24. The molecule has 0 atom stereocenters. The van der Waals surface area contributed by atoms with Crippen LogP contribution in [0, 0.1) is 10.1 Å². The smallest absolute Gasteiger partial charge is 0.339 e. The van der Waals surface area contributed by atoms with E-state index in [9.17, 15) is 24.8 Å². The number of nitro benzene ring substituents is 1. The molecule has 0 saturated carbocycles. The van der Waals surface area contributed by atoms with Crippen LogP contribution in [0.4, 0.5) is 5.69 Å². The molecular weight excluding hydrogens is 234 g/mol. The van der Waals surface area contributed by atoms with Gasteiger partial charge in [-0.3, -0.25) is 20.3 Å². The van der Waals surface area contributed by atoms with Crippen LogP contribution >= 0.6 is 0 Å². The summed E-state index contributed by atoms with van der Waals surface area (Å²) in [5.74, 6) is 1.28. The SMILES string of the molecule is NNC(=O)c1cc([N+](=O)[O-])cc(C(=O)O)c1O. The molecule has 17 heavy (non-hydrogen) atoms. The van der Waals surface area contributed by atoms with Crippen LogP contribution < -0.4 is 11.3 Å². The summed E-state index contributed by atoms with van der Waals surface area (Å²) < 4.78 is 0. The molecule has 0 fully saturated rings. The van der Waals surface area contributed by atoms with Crippen molar-refractivity contribution in [3.8, 4) is 5.75 Å². The zero-order chi connectivity index (χ0) is 13.2. The van der Waals surface area contributed by atoms with E-state index in [-0.39, 0.29) is 0 Å². The molecule has 1 amide bonds. The van der Waals surface area contributed by atoms with Gasteiger partial charge in [0.05, 0.1) is 10.5 Å². The highest BCUT2D eigenvalue weighted by molar-refractivity contribution is 6.02. The maximum Gasteiger partial charge on any atom is 0.339 e. The second-order valence-electron chi connectivity index (χ2n) is 2.93. The first kappa shape index (κ1) is 12.4. The summed E-state index contributed by atoms with van der Waals surface area (Å²) in [6.07, 6.45) is 0. The molecule has 0 aliphatic carbocycles. The molecule has 0 unspecified atom stereocenters. The fraction of sp³-hybridized carbons (Fsp3) is 0. The van der Waals surface area contributed by atoms with Crippen LogP contribution in [0.1, 0.15) is 20.7 Å². The molecule has 5 N–H and O–H groups in total. The largest absolute Gasteiger partial charge is 0.506 e. The number of carbonyl (C=O) groups is 2. The number of aromatic carboxylic acids is 1. The van der Waals surface area contributed by atoms with Gasteiger partial charge >= 0.3 is 5.97 Å². The lowest BCUT2D eigenvalue weighted by molar-refractivity contribution is -0.384. The van der Waals surface area contributed by atoms with Gasteiger partial charge in [0.1, 0.15) is 11.3 Å². The number of nitrogens with zero attached hydrogens (tertiary/aromatic N) is 1. The lowest BCUT2D eigenvalue weighted by atomic mass is 10.1. The summed E-state index contributed by atoms with van der Waals surface area (Å²) in [5.41, 5.74) is -0.336. The Morgan fingerprint density at radius 1 is 1.35 bits per heavy atom. The number of benzene rings is 1. The summed E-state index contributed by atoms with van der Waals surface area (Å²) in [5, 5.41) is 28.7. The molecule has 1 aromatic rings. The van der Waals surface area contributed by atoms with Crippen molar-refractivity contribution in [2.75, 3.05) is 0 Å². The van der Waals surface area contributed by atoms with Gasteiger partial charge < -0.3 is 10.2 Å². The highest BCUT2D eigenvalue weighted by atomic mass is 16.6. The van der Waals surface area contributed by atoms with Crippen LogP contribution in [0.15, 0.2) is 12.1 Å². The molecule has 0 spiro atoms. The average Bonchev–Trinajstić information content (AvgIpc) is 2.27. The van der Waals surface area contributed by atoms with Gasteiger partial charge in [0.25, 0.3) is 11.6 Å². The Hall–Kier alpha value is -2.68. The molecule has 0 saturated heterocycles. The summed E-state index contributed by atoms with van der Waals surface area (Å²) in [6, 6.07) is 1.37. The van der Waals surface area contributed by atoms with Crippen molar-refractivity contribution in [2.45, 2.75) is 0 Å². The van der Waals surface area contributed by atoms with E-state index in [1.165, 1.54) is 0 Å². The molecule has 1 aromatic carbocycles. The van der Waals surface area contributed by atoms with Crippen LogP contribution in [0.5, 0.6) is 5.75 Å². The van der Waals surface area contributed by atoms with E-state index in [1.807, 2.05) is 0 Å². The van der Waals surface area contributed by atoms with Gasteiger partial charge in [0.15, 0.2) is 0 Å². The van der Waals surface area contributed by atoms with E-state index >= 15 is 0 Å². The number of aromatic hydroxyl groups is 1. The zero-order valence-electron chi connectivity index (χ0n) is 8.21. The standard InChI is InChI=1S/C8H7N3O6/c9-10-7(13)4-1-3(11(16)17)2-5(6(4)12)8(14)15/h1-2,12H,9H2,(H,10,13)(H,14,15). The highest BCUT2D eigenvalue weighted by Crippen LogP contribution is 2.28. The molecule has 0 bridgehead atoms. The summed E-state index contributed by atoms with van der Waals surface area (Å²) in [7, 11) is 0. The third-order valence-corrected chi connectivity index (χ3v) is 1.91. The maximum absolute atomic E-state index is 11.2. The number of hydrogen-bond donors (Lipinski definition) is 4. The normalized spacial score (nSPS) is 9.71. The first-order chi connectivity index (χ1) is 7.88. The Morgan fingerprint density at radius 3 is 2.29 bits per heavy atom. The quantitative estimate of drug-likeness (QED) is 0.243.